The maximum Gasteiger partial charge on any atom is 0.513 e. The summed E-state index contributed by atoms with van der Waals surface area (Å²) in [4.78, 5) is 36.4. The molecule has 188 valence electrons. The molecule has 2 amide bonds. The van der Waals surface area contributed by atoms with Gasteiger partial charge in [-0.05, 0) is 67.8 Å². The minimum absolute atomic E-state index is 0.126. The zero-order valence-corrected chi connectivity index (χ0v) is 20.4. The molecule has 0 atom stereocenters. The van der Waals surface area contributed by atoms with Crippen molar-refractivity contribution in [2.24, 2.45) is 0 Å². The minimum atomic E-state index is -0.799. The number of ether oxygens (including phenoxy) is 3. The molecule has 0 fully saturated rings. The summed E-state index contributed by atoms with van der Waals surface area (Å²) in [5.74, 6) is 0.675. The van der Waals surface area contributed by atoms with Crippen molar-refractivity contribution in [3.63, 3.8) is 0 Å². The van der Waals surface area contributed by atoms with Gasteiger partial charge in [-0.3, -0.25) is 9.59 Å². The average molecular weight is 491 g/mol. The molecule has 0 heterocycles. The van der Waals surface area contributed by atoms with Crippen LogP contribution in [0, 0.1) is 6.92 Å². The van der Waals surface area contributed by atoms with E-state index in [1.807, 2.05) is 49.4 Å². The Kier molecular flexibility index (Phi) is 9.88. The lowest BCUT2D eigenvalue weighted by Crippen LogP contribution is -2.24. The SMILES string of the molecule is CCOC(=O)Oc1ccc(C(=O)NCc2ccccc2NC(=O)CCCOc2ccccc2C)cc1. The fraction of sp³-hybridized carbons (Fsp3) is 0.250. The zero-order chi connectivity index (χ0) is 25.8. The molecule has 8 nitrogen and oxygen atoms in total. The summed E-state index contributed by atoms with van der Waals surface area (Å²) in [6.07, 6.45) is 0.0917. The van der Waals surface area contributed by atoms with Crippen LogP contribution in [0.3, 0.4) is 0 Å². The molecule has 0 spiro atoms. The largest absolute Gasteiger partial charge is 0.513 e. The van der Waals surface area contributed by atoms with E-state index in [1.54, 1.807) is 25.1 Å². The van der Waals surface area contributed by atoms with E-state index in [1.165, 1.54) is 12.1 Å². The van der Waals surface area contributed by atoms with Crippen molar-refractivity contribution in [2.45, 2.75) is 33.2 Å². The van der Waals surface area contributed by atoms with Gasteiger partial charge in [0.2, 0.25) is 5.91 Å². The highest BCUT2D eigenvalue weighted by atomic mass is 16.7. The predicted molar refractivity (Wildman–Crippen MR) is 136 cm³/mol. The Bertz CT molecular complexity index is 1180. The molecule has 0 unspecified atom stereocenters. The summed E-state index contributed by atoms with van der Waals surface area (Å²) < 4.78 is 15.5. The second-order valence-corrected chi connectivity index (χ2v) is 7.91. The maximum absolute atomic E-state index is 12.6. The number of nitrogens with one attached hydrogen (secondary N) is 2. The number of hydrogen-bond donors (Lipinski definition) is 2. The van der Waals surface area contributed by atoms with E-state index in [4.69, 9.17) is 14.2 Å². The first-order valence-corrected chi connectivity index (χ1v) is 11.8. The van der Waals surface area contributed by atoms with Crippen LogP contribution in [0.4, 0.5) is 10.5 Å². The van der Waals surface area contributed by atoms with Crippen LogP contribution in [-0.2, 0) is 16.1 Å². The number of para-hydroxylation sites is 2. The molecule has 3 aromatic rings. The molecule has 0 aliphatic heterocycles. The van der Waals surface area contributed by atoms with E-state index < -0.39 is 6.16 Å². The van der Waals surface area contributed by atoms with E-state index in [0.29, 0.717) is 30.7 Å². The number of benzene rings is 3. The molecule has 0 saturated carbocycles. The normalized spacial score (nSPS) is 10.3. The Labute approximate surface area is 210 Å². The zero-order valence-electron chi connectivity index (χ0n) is 20.4. The summed E-state index contributed by atoms with van der Waals surface area (Å²) in [7, 11) is 0. The van der Waals surface area contributed by atoms with Gasteiger partial charge in [0.1, 0.15) is 11.5 Å². The van der Waals surface area contributed by atoms with Crippen molar-refractivity contribution in [2.75, 3.05) is 18.5 Å². The minimum Gasteiger partial charge on any atom is -0.493 e. The predicted octanol–water partition coefficient (Wildman–Crippen LogP) is 5.26. The topological polar surface area (TPSA) is 103 Å². The molecule has 0 bridgehead atoms. The van der Waals surface area contributed by atoms with Crippen LogP contribution in [-0.4, -0.2) is 31.2 Å². The molecule has 2 N–H and O–H groups in total. The quantitative estimate of drug-likeness (QED) is 0.216. The van der Waals surface area contributed by atoms with Crippen molar-refractivity contribution >= 4 is 23.7 Å². The van der Waals surface area contributed by atoms with Crippen molar-refractivity contribution in [3.8, 4) is 11.5 Å². The van der Waals surface area contributed by atoms with Gasteiger partial charge in [0.05, 0.1) is 13.2 Å². The number of carbonyl (C=O) groups excluding carboxylic acids is 3. The van der Waals surface area contributed by atoms with Crippen LogP contribution < -0.4 is 20.1 Å². The van der Waals surface area contributed by atoms with E-state index in [9.17, 15) is 14.4 Å². The first kappa shape index (κ1) is 26.3. The van der Waals surface area contributed by atoms with Gasteiger partial charge in [-0.15, -0.1) is 0 Å². The number of anilines is 1. The number of aryl methyl sites for hydroxylation is 1. The lowest BCUT2D eigenvalue weighted by Gasteiger charge is -2.13. The van der Waals surface area contributed by atoms with Crippen LogP contribution in [0.1, 0.15) is 41.3 Å². The van der Waals surface area contributed by atoms with E-state index in [2.05, 4.69) is 10.6 Å². The highest BCUT2D eigenvalue weighted by Crippen LogP contribution is 2.18. The molecule has 0 aliphatic rings. The molecule has 3 rings (SSSR count). The number of rotatable bonds is 11. The summed E-state index contributed by atoms with van der Waals surface area (Å²) in [6.45, 7) is 4.55. The summed E-state index contributed by atoms with van der Waals surface area (Å²) in [6, 6.07) is 21.2. The van der Waals surface area contributed by atoms with Crippen LogP contribution in [0.15, 0.2) is 72.8 Å². The smallest absolute Gasteiger partial charge is 0.493 e. The van der Waals surface area contributed by atoms with Gasteiger partial charge in [0, 0.05) is 24.2 Å². The van der Waals surface area contributed by atoms with Crippen molar-refractivity contribution in [1.82, 2.24) is 5.32 Å². The van der Waals surface area contributed by atoms with Gasteiger partial charge >= 0.3 is 6.16 Å². The lowest BCUT2D eigenvalue weighted by molar-refractivity contribution is -0.116. The highest BCUT2D eigenvalue weighted by molar-refractivity contribution is 5.95. The van der Waals surface area contributed by atoms with Crippen LogP contribution in [0.5, 0.6) is 11.5 Å². The average Bonchev–Trinajstić information content (AvgIpc) is 2.87. The van der Waals surface area contributed by atoms with E-state index in [0.717, 1.165) is 16.9 Å². The van der Waals surface area contributed by atoms with Crippen LogP contribution in [0.25, 0.3) is 0 Å². The fourth-order valence-corrected chi connectivity index (χ4v) is 3.34. The Morgan fingerprint density at radius 3 is 2.36 bits per heavy atom. The second-order valence-electron chi connectivity index (χ2n) is 7.91. The first-order valence-electron chi connectivity index (χ1n) is 11.8. The maximum atomic E-state index is 12.6. The molecule has 3 aromatic carbocycles. The Hall–Kier alpha value is -4.33. The van der Waals surface area contributed by atoms with Gasteiger partial charge in [-0.2, -0.15) is 0 Å². The summed E-state index contributed by atoms with van der Waals surface area (Å²) >= 11 is 0. The Balaban J connectivity index is 1.47. The molecule has 8 heteroatoms. The molecule has 36 heavy (non-hydrogen) atoms. The molecule has 0 aliphatic carbocycles. The van der Waals surface area contributed by atoms with E-state index >= 15 is 0 Å². The van der Waals surface area contributed by atoms with E-state index in [-0.39, 0.29) is 30.7 Å². The second kappa shape index (κ2) is 13.5. The van der Waals surface area contributed by atoms with Crippen LogP contribution in [0.2, 0.25) is 0 Å². The van der Waals surface area contributed by atoms with Gasteiger partial charge in [0.25, 0.3) is 5.91 Å². The van der Waals surface area contributed by atoms with Gasteiger partial charge < -0.3 is 24.8 Å². The van der Waals surface area contributed by atoms with Gasteiger partial charge in [-0.1, -0.05) is 36.4 Å². The highest BCUT2D eigenvalue weighted by Gasteiger charge is 2.11. The molecule has 0 saturated heterocycles. The third-order valence-corrected chi connectivity index (χ3v) is 5.21. The molecular weight excluding hydrogens is 460 g/mol. The molecule has 0 aromatic heterocycles. The standard InChI is InChI=1S/C28H30N2O6/c1-3-34-28(33)36-23-16-14-21(15-17-23)27(32)29-19-22-10-5-6-11-24(22)30-26(31)13-8-18-35-25-12-7-4-9-20(25)2/h4-7,9-12,14-17H,3,8,13,18-19H2,1-2H3,(H,29,32)(H,30,31). The summed E-state index contributed by atoms with van der Waals surface area (Å²) in [5, 5.41) is 5.76. The monoisotopic (exact) mass is 490 g/mol. The lowest BCUT2D eigenvalue weighted by atomic mass is 10.1. The Morgan fingerprint density at radius 1 is 0.889 bits per heavy atom. The Morgan fingerprint density at radius 2 is 1.61 bits per heavy atom. The fourth-order valence-electron chi connectivity index (χ4n) is 3.34. The number of hydrogen-bond acceptors (Lipinski definition) is 6. The molecule has 0 radical (unpaired) electrons. The van der Waals surface area contributed by atoms with Gasteiger partial charge in [0.15, 0.2) is 0 Å². The van der Waals surface area contributed by atoms with Crippen molar-refractivity contribution in [3.05, 3.63) is 89.5 Å². The third-order valence-electron chi connectivity index (χ3n) is 5.21. The summed E-state index contributed by atoms with van der Waals surface area (Å²) in [5.41, 5.74) is 2.87. The van der Waals surface area contributed by atoms with Crippen molar-refractivity contribution in [1.29, 1.82) is 0 Å². The number of amides is 2. The van der Waals surface area contributed by atoms with Gasteiger partial charge in [-0.25, -0.2) is 4.79 Å². The number of carbonyl (C=O) groups is 3. The van der Waals surface area contributed by atoms with Crippen LogP contribution >= 0.6 is 0 Å². The van der Waals surface area contributed by atoms with Crippen molar-refractivity contribution < 1.29 is 28.6 Å². The third kappa shape index (κ3) is 8.16. The first-order chi connectivity index (χ1) is 17.5. The molecular formula is C28H30N2O6.